The van der Waals surface area contributed by atoms with Crippen molar-refractivity contribution in [3.63, 3.8) is 0 Å². The highest BCUT2D eigenvalue weighted by Gasteiger charge is 2.11. The van der Waals surface area contributed by atoms with Gasteiger partial charge in [-0.3, -0.25) is 0 Å². The average Bonchev–Trinajstić information content (AvgIpc) is 2.60. The molecule has 0 fully saturated rings. The normalized spacial score (nSPS) is 10.4. The smallest absolute Gasteiger partial charge is 0.159 e. The van der Waals surface area contributed by atoms with E-state index in [2.05, 4.69) is 43.2 Å². The van der Waals surface area contributed by atoms with E-state index in [1.807, 2.05) is 24.3 Å². The van der Waals surface area contributed by atoms with E-state index in [-0.39, 0.29) is 0 Å². The molecule has 0 unspecified atom stereocenters. The summed E-state index contributed by atoms with van der Waals surface area (Å²) in [7, 11) is 1.58. The molecule has 0 amide bonds. The number of halogens is 2. The minimum Gasteiger partial charge on any atom is -0.495 e. The third kappa shape index (κ3) is 4.23. The third-order valence-corrected chi connectivity index (χ3v) is 4.36. The molecule has 0 aliphatic carbocycles. The number of nitrogens with two attached hydrogens (primary N) is 1. The highest BCUT2D eigenvalue weighted by molar-refractivity contribution is 14.1. The van der Waals surface area contributed by atoms with Gasteiger partial charge in [0, 0.05) is 14.3 Å². The van der Waals surface area contributed by atoms with Crippen molar-refractivity contribution in [3.05, 3.63) is 57.4 Å². The van der Waals surface area contributed by atoms with E-state index in [0.717, 1.165) is 9.26 Å². The maximum Gasteiger partial charge on any atom is 0.159 e. The van der Waals surface area contributed by atoms with Crippen LogP contribution in [0.2, 0.25) is 5.02 Å². The SMILES string of the molecule is COc1ccc(Cl)cc1Nc1ncnc(Nc2ccc(I)cc2)c1N. The topological polar surface area (TPSA) is 85.1 Å². The van der Waals surface area contributed by atoms with E-state index >= 15 is 0 Å². The van der Waals surface area contributed by atoms with Gasteiger partial charge in [0.15, 0.2) is 11.6 Å². The van der Waals surface area contributed by atoms with Gasteiger partial charge in [-0.05, 0) is 65.1 Å². The minimum atomic E-state index is 0.392. The lowest BCUT2D eigenvalue weighted by molar-refractivity contribution is 0.417. The first-order valence-corrected chi connectivity index (χ1v) is 8.76. The molecule has 2 aromatic carbocycles. The molecular weight excluding hydrogens is 453 g/mol. The van der Waals surface area contributed by atoms with Gasteiger partial charge in [-0.25, -0.2) is 9.97 Å². The monoisotopic (exact) mass is 467 g/mol. The fourth-order valence-electron chi connectivity index (χ4n) is 2.17. The number of methoxy groups -OCH3 is 1. The molecule has 25 heavy (non-hydrogen) atoms. The van der Waals surface area contributed by atoms with Crippen molar-refractivity contribution in [3.8, 4) is 5.75 Å². The van der Waals surface area contributed by atoms with Crippen LogP contribution in [0, 0.1) is 3.57 Å². The average molecular weight is 468 g/mol. The maximum atomic E-state index is 6.21. The molecule has 0 atom stereocenters. The number of hydrogen-bond donors (Lipinski definition) is 3. The Hall–Kier alpha value is -2.26. The van der Waals surface area contributed by atoms with Gasteiger partial charge in [0.05, 0.1) is 12.8 Å². The van der Waals surface area contributed by atoms with E-state index in [9.17, 15) is 0 Å². The maximum absolute atomic E-state index is 6.21. The fraction of sp³-hybridized carbons (Fsp3) is 0.0588. The van der Waals surface area contributed by atoms with Gasteiger partial charge in [0.2, 0.25) is 0 Å². The summed E-state index contributed by atoms with van der Waals surface area (Å²) >= 11 is 8.31. The van der Waals surface area contributed by atoms with Crippen molar-refractivity contribution in [2.75, 3.05) is 23.5 Å². The molecule has 128 valence electrons. The van der Waals surface area contributed by atoms with Crippen molar-refractivity contribution in [1.82, 2.24) is 9.97 Å². The molecule has 0 radical (unpaired) electrons. The molecule has 8 heteroatoms. The molecule has 0 aliphatic heterocycles. The minimum absolute atomic E-state index is 0.392. The predicted molar refractivity (Wildman–Crippen MR) is 110 cm³/mol. The standard InChI is InChI=1S/C17H15ClIN5O/c1-25-14-7-2-10(18)8-13(14)24-17-15(20)16(21-9-22-17)23-12-5-3-11(19)4-6-12/h2-9H,20H2,1H3,(H2,21,22,23,24). The Bertz CT molecular complexity index is 889. The van der Waals surface area contributed by atoms with Gasteiger partial charge >= 0.3 is 0 Å². The number of rotatable bonds is 5. The number of aromatic nitrogens is 2. The van der Waals surface area contributed by atoms with Crippen LogP contribution in [0.15, 0.2) is 48.8 Å². The number of benzene rings is 2. The molecule has 0 spiro atoms. The van der Waals surface area contributed by atoms with Crippen LogP contribution in [0.5, 0.6) is 5.75 Å². The number of nitrogens with one attached hydrogen (secondary N) is 2. The summed E-state index contributed by atoms with van der Waals surface area (Å²) in [6.07, 6.45) is 1.44. The zero-order valence-corrected chi connectivity index (χ0v) is 16.2. The molecule has 0 saturated heterocycles. The first-order chi connectivity index (χ1) is 12.1. The molecule has 0 aliphatic rings. The van der Waals surface area contributed by atoms with Crippen LogP contribution < -0.4 is 21.1 Å². The number of anilines is 5. The van der Waals surface area contributed by atoms with Crippen LogP contribution in [0.1, 0.15) is 0 Å². The molecule has 6 nitrogen and oxygen atoms in total. The zero-order valence-electron chi connectivity index (χ0n) is 13.3. The van der Waals surface area contributed by atoms with Crippen molar-refractivity contribution >= 4 is 62.9 Å². The second-order valence-electron chi connectivity index (χ2n) is 5.09. The first-order valence-electron chi connectivity index (χ1n) is 7.30. The van der Waals surface area contributed by atoms with Crippen LogP contribution >= 0.6 is 34.2 Å². The molecular formula is C17H15ClIN5O. The van der Waals surface area contributed by atoms with Crippen molar-refractivity contribution < 1.29 is 4.74 Å². The van der Waals surface area contributed by atoms with Crippen LogP contribution in [0.4, 0.5) is 28.7 Å². The molecule has 3 aromatic rings. The van der Waals surface area contributed by atoms with Gasteiger partial charge in [0.1, 0.15) is 17.8 Å². The van der Waals surface area contributed by atoms with Crippen molar-refractivity contribution in [1.29, 1.82) is 0 Å². The zero-order chi connectivity index (χ0) is 17.8. The van der Waals surface area contributed by atoms with Crippen LogP contribution in [0.3, 0.4) is 0 Å². The molecule has 0 saturated carbocycles. The number of nitrogens with zero attached hydrogens (tertiary/aromatic N) is 2. The molecule has 3 rings (SSSR count). The second kappa shape index (κ2) is 7.75. The van der Waals surface area contributed by atoms with Gasteiger partial charge in [-0.2, -0.15) is 0 Å². The molecule has 1 heterocycles. The molecule has 4 N–H and O–H groups in total. The Labute approximate surface area is 163 Å². The molecule has 1 aromatic heterocycles. The van der Waals surface area contributed by atoms with Crippen LogP contribution in [-0.2, 0) is 0 Å². The summed E-state index contributed by atoms with van der Waals surface area (Å²) in [5.74, 6) is 1.61. The van der Waals surface area contributed by atoms with Crippen molar-refractivity contribution in [2.24, 2.45) is 0 Å². The summed E-state index contributed by atoms with van der Waals surface area (Å²) < 4.78 is 6.48. The summed E-state index contributed by atoms with van der Waals surface area (Å²) in [6, 6.07) is 13.2. The highest BCUT2D eigenvalue weighted by Crippen LogP contribution is 2.33. The Balaban J connectivity index is 1.88. The molecule has 0 bridgehead atoms. The predicted octanol–water partition coefficient (Wildman–Crippen LogP) is 4.81. The van der Waals surface area contributed by atoms with Gasteiger partial charge in [-0.15, -0.1) is 0 Å². The van der Waals surface area contributed by atoms with E-state index in [1.54, 1.807) is 25.3 Å². The largest absolute Gasteiger partial charge is 0.495 e. The van der Waals surface area contributed by atoms with E-state index in [0.29, 0.717) is 33.8 Å². The van der Waals surface area contributed by atoms with Crippen LogP contribution in [0.25, 0.3) is 0 Å². The van der Waals surface area contributed by atoms with E-state index in [4.69, 9.17) is 22.1 Å². The quantitative estimate of drug-likeness (QED) is 0.467. The Kier molecular flexibility index (Phi) is 5.44. The fourth-order valence-corrected chi connectivity index (χ4v) is 2.70. The lowest BCUT2D eigenvalue weighted by Crippen LogP contribution is -2.05. The Morgan fingerprint density at radius 1 is 1.04 bits per heavy atom. The number of hydrogen-bond acceptors (Lipinski definition) is 6. The number of nitrogen functional groups attached to an aromatic ring is 1. The van der Waals surface area contributed by atoms with Gasteiger partial charge in [0.25, 0.3) is 0 Å². The lowest BCUT2D eigenvalue weighted by Gasteiger charge is -2.14. The van der Waals surface area contributed by atoms with Crippen LogP contribution in [-0.4, -0.2) is 17.1 Å². The van der Waals surface area contributed by atoms with Gasteiger partial charge < -0.3 is 21.1 Å². The second-order valence-corrected chi connectivity index (χ2v) is 6.77. The Morgan fingerprint density at radius 3 is 2.40 bits per heavy atom. The summed E-state index contributed by atoms with van der Waals surface area (Å²) in [5.41, 5.74) is 8.16. The van der Waals surface area contributed by atoms with Gasteiger partial charge in [-0.1, -0.05) is 11.6 Å². The lowest BCUT2D eigenvalue weighted by atomic mass is 10.2. The summed E-state index contributed by atoms with van der Waals surface area (Å²) in [4.78, 5) is 8.42. The highest BCUT2D eigenvalue weighted by atomic mass is 127. The summed E-state index contributed by atoms with van der Waals surface area (Å²) in [6.45, 7) is 0. The van der Waals surface area contributed by atoms with E-state index in [1.165, 1.54) is 6.33 Å². The first kappa shape index (κ1) is 17.6. The van der Waals surface area contributed by atoms with Crippen molar-refractivity contribution in [2.45, 2.75) is 0 Å². The third-order valence-electron chi connectivity index (χ3n) is 3.41. The summed E-state index contributed by atoms with van der Waals surface area (Å²) in [5, 5.41) is 6.91. The number of ether oxygens (including phenoxy) is 1. The van der Waals surface area contributed by atoms with E-state index < -0.39 is 0 Å². The Morgan fingerprint density at radius 2 is 1.72 bits per heavy atom.